The topological polar surface area (TPSA) is 351 Å². The molecule has 0 saturated heterocycles. The SMILES string of the molecule is CCCCCCCC/C=C\CCCCCCCC(=O)OC[C@H](COP(=O)([O-])OCC[NH3+])OC(=O)CCCCCCC/C=C\CCCCCCCC.CCCCCCCCCCCCCC(=O)OCCN(CCOC(=O)CCCCCCCCCCCCC)C(=O)C[N+](C)(C)C.CCCCCCCCCCCCCCCCCC(=O)OC[C@H](COP(=O)([O-])OCC[NH3+])OC(=O)CCCCCCCCCCCCCCCCC.[Br-]. The highest BCUT2D eigenvalue weighted by Crippen LogP contribution is 2.39. The Kier molecular flexibility index (Phi) is 120. The van der Waals surface area contributed by atoms with Crippen LogP contribution in [-0.2, 0) is 89.2 Å². The molecule has 872 valence electrons. The first-order valence-electron chi connectivity index (χ1n) is 61.1. The molecule has 2 unspecified atom stereocenters. The average molecular weight is 2200 g/mol. The minimum Gasteiger partial charge on any atom is -1.00 e. The van der Waals surface area contributed by atoms with E-state index < -0.39 is 59.0 Å². The number of amides is 1. The fourth-order valence-electron chi connectivity index (χ4n) is 17.4. The lowest BCUT2D eigenvalue weighted by Gasteiger charge is -2.28. The van der Waals surface area contributed by atoms with Crippen molar-refractivity contribution in [3.05, 3.63) is 24.3 Å². The first-order valence-corrected chi connectivity index (χ1v) is 64.0. The molecule has 25 nitrogen and oxygen atoms in total. The molecule has 6 N–H and O–H groups in total. The Morgan fingerprint density at radius 1 is 0.259 bits per heavy atom. The zero-order valence-electron chi connectivity index (χ0n) is 96.7. The second-order valence-electron chi connectivity index (χ2n) is 42.4. The summed E-state index contributed by atoms with van der Waals surface area (Å²) in [6, 6.07) is 0. The summed E-state index contributed by atoms with van der Waals surface area (Å²) in [6.45, 7) is 13.7. The van der Waals surface area contributed by atoms with Crippen LogP contribution in [0.25, 0.3) is 0 Å². The van der Waals surface area contributed by atoms with E-state index in [1.165, 1.54) is 360 Å². The van der Waals surface area contributed by atoms with Gasteiger partial charge in [-0.05, 0) is 89.9 Å². The fourth-order valence-corrected chi connectivity index (χ4v) is 18.9. The highest BCUT2D eigenvalue weighted by Gasteiger charge is 2.26. The zero-order chi connectivity index (χ0) is 108. The maximum absolute atomic E-state index is 12.9. The molecule has 0 bridgehead atoms. The molecular formula is C119H233BrN4O21P2. The third kappa shape index (κ3) is 122. The number of allylic oxidation sites excluding steroid dienone is 4. The van der Waals surface area contributed by atoms with E-state index in [0.29, 0.717) is 49.8 Å². The highest BCUT2D eigenvalue weighted by atomic mass is 79.9. The van der Waals surface area contributed by atoms with E-state index in [-0.39, 0.29) is 119 Å². The molecule has 4 atom stereocenters. The monoisotopic (exact) mass is 2200 g/mol. The van der Waals surface area contributed by atoms with Gasteiger partial charge < -0.3 is 94.1 Å². The molecule has 0 aliphatic heterocycles. The van der Waals surface area contributed by atoms with Crippen molar-refractivity contribution in [2.75, 3.05) is 107 Å². The molecule has 147 heavy (non-hydrogen) atoms. The molecule has 0 aromatic heterocycles. The molecule has 0 aliphatic rings. The van der Waals surface area contributed by atoms with Gasteiger partial charge in [0.1, 0.15) is 39.6 Å². The Bertz CT molecular complexity index is 2980. The van der Waals surface area contributed by atoms with E-state index in [2.05, 4.69) is 77.3 Å². The summed E-state index contributed by atoms with van der Waals surface area (Å²) in [4.78, 5) is 113. The van der Waals surface area contributed by atoms with Crippen LogP contribution in [0.1, 0.15) is 581 Å². The highest BCUT2D eigenvalue weighted by molar-refractivity contribution is 7.46. The van der Waals surface area contributed by atoms with Gasteiger partial charge in [0.15, 0.2) is 18.8 Å². The molecule has 0 spiro atoms. The van der Waals surface area contributed by atoms with E-state index in [9.17, 15) is 52.5 Å². The number of carbonyl (C=O) groups is 7. The maximum Gasteiger partial charge on any atom is 0.306 e. The molecule has 0 saturated carbocycles. The summed E-state index contributed by atoms with van der Waals surface area (Å²) < 4.78 is 76.4. The van der Waals surface area contributed by atoms with E-state index in [1.54, 1.807) is 4.90 Å². The van der Waals surface area contributed by atoms with Crippen molar-refractivity contribution in [3.8, 4) is 0 Å². The predicted molar refractivity (Wildman–Crippen MR) is 598 cm³/mol. The van der Waals surface area contributed by atoms with Crippen molar-refractivity contribution >= 4 is 57.4 Å². The number of rotatable bonds is 112. The largest absolute Gasteiger partial charge is 1.00 e. The number of likely N-dealkylation sites (N-methyl/N-ethyl adjacent to an activating group) is 1. The molecule has 0 aromatic carbocycles. The molecule has 0 rings (SSSR count). The summed E-state index contributed by atoms with van der Waals surface area (Å²) in [5.74, 6) is -2.11. The second-order valence-corrected chi connectivity index (χ2v) is 45.2. The number of nitrogens with zero attached hydrogens (tertiary/aromatic N) is 2. The second kappa shape index (κ2) is 118. The molecule has 1 amide bonds. The third-order valence-corrected chi connectivity index (χ3v) is 28.4. The quantitative estimate of drug-likeness (QED) is 0.0143. The van der Waals surface area contributed by atoms with Crippen LogP contribution in [-0.4, -0.2) is 170 Å². The number of phosphoric ester groups is 2. The van der Waals surface area contributed by atoms with E-state index >= 15 is 0 Å². The lowest BCUT2D eigenvalue weighted by molar-refractivity contribution is -0.862. The Labute approximate surface area is 912 Å². The van der Waals surface area contributed by atoms with Crippen LogP contribution in [0.4, 0.5) is 0 Å². The van der Waals surface area contributed by atoms with Crippen LogP contribution in [0.3, 0.4) is 0 Å². The lowest BCUT2D eigenvalue weighted by atomic mass is 10.0. The van der Waals surface area contributed by atoms with Gasteiger partial charge in [-0.2, -0.15) is 0 Å². The lowest BCUT2D eigenvalue weighted by Crippen LogP contribution is -3.00. The summed E-state index contributed by atoms with van der Waals surface area (Å²) in [7, 11) is -3.25. The number of esters is 6. The number of hydrogen-bond donors (Lipinski definition) is 2. The standard InChI is InChI=1S/C41H82NO8P.C41H78NO8P.C37H73N2O5.BrH/c2*1-3-5-7-9-11-13-15-17-19-21-23-25-27-29-31-33-40(43)47-37-39(38-49-51(45,46)48-36-35-42)50-41(44)34-32-30-28-26-24-22-20-18-16-14-12-10-8-6-4-2;1-6-8-10-12-14-16-18-20-22-24-26-28-36(41)43-32-30-38(35(40)34-39(3,4)5)31-33-44-37(42)29-27-25-23-21-19-17-15-13-11-9-7-2;/h39H,3-38,42H2,1-2H3,(H,45,46);17-20,39H,3-16,21-38,42H2,1-2H3,(H,45,46);6-34H2,1-5H3;1H/q;;+1;/p-1/b;19-17-,20-18-;;/t2*39-;;/m11../s1. The molecule has 0 aromatic rings. The number of carbonyl (C=O) groups excluding carboxylic acids is 7. The van der Waals surface area contributed by atoms with E-state index in [0.717, 1.165) is 128 Å². The van der Waals surface area contributed by atoms with Crippen molar-refractivity contribution in [3.63, 3.8) is 0 Å². The van der Waals surface area contributed by atoms with Crippen molar-refractivity contribution < 1.29 is 132 Å². The molecule has 0 fully saturated rings. The number of ether oxygens (including phenoxy) is 6. The fraction of sp³-hybridized carbons (Fsp3) is 0.908. The summed E-state index contributed by atoms with van der Waals surface area (Å²) in [5.41, 5.74) is 7.10. The van der Waals surface area contributed by atoms with Crippen molar-refractivity contribution in [2.45, 2.75) is 593 Å². The van der Waals surface area contributed by atoms with Gasteiger partial charge in [0.25, 0.3) is 21.6 Å². The Morgan fingerprint density at radius 2 is 0.442 bits per heavy atom. The number of hydrogen-bond acceptors (Lipinski definition) is 21. The number of phosphoric acid groups is 2. The average Bonchev–Trinajstić information content (AvgIpc) is 0.905. The smallest absolute Gasteiger partial charge is 0.306 e. The molecular weight excluding hydrogens is 1960 g/mol. The number of halogens is 1. The third-order valence-electron chi connectivity index (χ3n) is 26.5. The van der Waals surface area contributed by atoms with Crippen molar-refractivity contribution in [1.29, 1.82) is 0 Å². The van der Waals surface area contributed by atoms with E-state index in [4.69, 9.17) is 46.5 Å². The minimum atomic E-state index is -4.58. The van der Waals surface area contributed by atoms with Gasteiger partial charge in [-0.25, -0.2) is 0 Å². The maximum atomic E-state index is 12.9. The summed E-state index contributed by atoms with van der Waals surface area (Å²) in [5, 5.41) is 0. The first kappa shape index (κ1) is 150. The van der Waals surface area contributed by atoms with Crippen LogP contribution in [0.15, 0.2) is 24.3 Å². The van der Waals surface area contributed by atoms with Crippen LogP contribution >= 0.6 is 15.6 Å². The van der Waals surface area contributed by atoms with Crippen LogP contribution in [0, 0.1) is 0 Å². The summed E-state index contributed by atoms with van der Waals surface area (Å²) >= 11 is 0. The van der Waals surface area contributed by atoms with Gasteiger partial charge in [0.2, 0.25) is 0 Å². The molecule has 0 aliphatic carbocycles. The van der Waals surface area contributed by atoms with E-state index in [1.807, 2.05) is 21.1 Å². The van der Waals surface area contributed by atoms with Crippen molar-refractivity contribution in [1.82, 2.24) is 4.90 Å². The molecule has 0 radical (unpaired) electrons. The summed E-state index contributed by atoms with van der Waals surface area (Å²) in [6.07, 6.45) is 104. The van der Waals surface area contributed by atoms with Gasteiger partial charge >= 0.3 is 35.8 Å². The van der Waals surface area contributed by atoms with Crippen molar-refractivity contribution in [2.24, 2.45) is 0 Å². The Morgan fingerprint density at radius 3 is 0.639 bits per heavy atom. The minimum absolute atomic E-state index is 0. The van der Waals surface area contributed by atoms with Gasteiger partial charge in [0, 0.05) is 38.5 Å². The molecule has 0 heterocycles. The first-order chi connectivity index (χ1) is 70.9. The van der Waals surface area contributed by atoms with Gasteiger partial charge in [-0.3, -0.25) is 42.7 Å². The normalized spacial score (nSPS) is 12.7. The predicted octanol–water partition coefficient (Wildman–Crippen LogP) is 27.0. The zero-order valence-corrected chi connectivity index (χ0v) is 100. The Balaban J connectivity index is -0.00000104. The van der Waals surface area contributed by atoms with Gasteiger partial charge in [-0.1, -0.05) is 477 Å². The number of unbranched alkanes of at least 4 members (excludes halogenated alkanes) is 70. The van der Waals surface area contributed by atoms with Gasteiger partial charge in [-0.15, -0.1) is 0 Å². The molecule has 28 heteroatoms. The van der Waals surface area contributed by atoms with Crippen LogP contribution < -0.4 is 38.2 Å². The van der Waals surface area contributed by atoms with Crippen LogP contribution in [0.5, 0.6) is 0 Å². The number of quaternary nitrogens is 3. The van der Waals surface area contributed by atoms with Gasteiger partial charge in [0.05, 0.1) is 60.5 Å². The van der Waals surface area contributed by atoms with Crippen LogP contribution in [0.2, 0.25) is 0 Å². The Hall–Kier alpha value is -3.65.